The van der Waals surface area contributed by atoms with Crippen LogP contribution in [0.4, 0.5) is 4.79 Å². The van der Waals surface area contributed by atoms with Crippen LogP contribution in [0.25, 0.3) is 0 Å². The standard InChI is InChI=1S/C14H25N3O2S/c1-5-9(2)12(18)8-16-14(19)15-7-6-13-10(3)17-11(4)20-13/h9,12,18H,5-8H2,1-4H3,(H2,15,16,19). The van der Waals surface area contributed by atoms with Gasteiger partial charge in [-0.05, 0) is 19.8 Å². The Balaban J connectivity index is 2.22. The van der Waals surface area contributed by atoms with Gasteiger partial charge in [0.1, 0.15) is 0 Å². The van der Waals surface area contributed by atoms with Gasteiger partial charge in [0.25, 0.3) is 0 Å². The number of nitrogens with one attached hydrogen (secondary N) is 2. The highest BCUT2D eigenvalue weighted by Crippen LogP contribution is 2.16. The average Bonchev–Trinajstić information content (AvgIpc) is 2.73. The number of thiazole rings is 1. The number of aliphatic hydroxyl groups is 1. The molecule has 1 rings (SSSR count). The molecule has 1 aromatic rings. The fourth-order valence-electron chi connectivity index (χ4n) is 1.83. The molecule has 0 aliphatic rings. The first-order valence-electron chi connectivity index (χ1n) is 7.06. The third-order valence-electron chi connectivity index (χ3n) is 3.41. The SMILES string of the molecule is CCC(C)C(O)CNC(=O)NCCc1sc(C)nc1C. The lowest BCUT2D eigenvalue weighted by Gasteiger charge is -2.17. The molecule has 2 atom stereocenters. The number of carbonyl (C=O) groups is 1. The minimum absolute atomic E-state index is 0.193. The molecular weight excluding hydrogens is 274 g/mol. The fraction of sp³-hybridized carbons (Fsp3) is 0.714. The molecule has 0 aliphatic heterocycles. The summed E-state index contributed by atoms with van der Waals surface area (Å²) in [5, 5.41) is 16.3. The Kier molecular flexibility index (Phi) is 6.95. The van der Waals surface area contributed by atoms with Gasteiger partial charge < -0.3 is 15.7 Å². The summed E-state index contributed by atoms with van der Waals surface area (Å²) in [6, 6.07) is -0.230. The second kappa shape index (κ2) is 8.21. The summed E-state index contributed by atoms with van der Waals surface area (Å²) in [6.07, 6.45) is 1.20. The number of hydrogen-bond donors (Lipinski definition) is 3. The van der Waals surface area contributed by atoms with Gasteiger partial charge in [-0.1, -0.05) is 20.3 Å². The molecule has 1 heterocycles. The van der Waals surface area contributed by atoms with Crippen molar-refractivity contribution in [2.24, 2.45) is 5.92 Å². The molecule has 0 fully saturated rings. The van der Waals surface area contributed by atoms with Crippen LogP contribution in [0, 0.1) is 19.8 Å². The van der Waals surface area contributed by atoms with Gasteiger partial charge in [0.2, 0.25) is 0 Å². The van der Waals surface area contributed by atoms with Gasteiger partial charge in [-0.15, -0.1) is 11.3 Å². The van der Waals surface area contributed by atoms with E-state index in [1.165, 1.54) is 4.88 Å². The van der Waals surface area contributed by atoms with Crippen molar-refractivity contribution >= 4 is 17.4 Å². The maximum absolute atomic E-state index is 11.6. The predicted molar refractivity (Wildman–Crippen MR) is 82.2 cm³/mol. The van der Waals surface area contributed by atoms with E-state index in [2.05, 4.69) is 15.6 Å². The van der Waals surface area contributed by atoms with Gasteiger partial charge in [-0.25, -0.2) is 9.78 Å². The van der Waals surface area contributed by atoms with E-state index in [1.54, 1.807) is 11.3 Å². The zero-order valence-electron chi connectivity index (χ0n) is 12.7. The van der Waals surface area contributed by atoms with Gasteiger partial charge in [0.15, 0.2) is 0 Å². The van der Waals surface area contributed by atoms with E-state index < -0.39 is 6.10 Å². The van der Waals surface area contributed by atoms with Crippen LogP contribution in [0.15, 0.2) is 0 Å². The van der Waals surface area contributed by atoms with Crippen LogP contribution in [-0.4, -0.2) is 35.3 Å². The van der Waals surface area contributed by atoms with Gasteiger partial charge in [0.05, 0.1) is 16.8 Å². The second-order valence-corrected chi connectivity index (χ2v) is 6.37. The van der Waals surface area contributed by atoms with Crippen LogP contribution in [0.3, 0.4) is 0 Å². The van der Waals surface area contributed by atoms with Crippen molar-refractivity contribution in [3.05, 3.63) is 15.6 Å². The molecule has 0 aliphatic carbocycles. The van der Waals surface area contributed by atoms with Crippen LogP contribution >= 0.6 is 11.3 Å². The average molecular weight is 299 g/mol. The van der Waals surface area contributed by atoms with E-state index in [4.69, 9.17) is 0 Å². The van der Waals surface area contributed by atoms with Crippen molar-refractivity contribution < 1.29 is 9.90 Å². The highest BCUT2D eigenvalue weighted by Gasteiger charge is 2.13. The van der Waals surface area contributed by atoms with Crippen molar-refractivity contribution in [2.45, 2.75) is 46.6 Å². The molecule has 0 spiro atoms. The van der Waals surface area contributed by atoms with E-state index in [1.807, 2.05) is 27.7 Å². The Bertz CT molecular complexity index is 434. The lowest BCUT2D eigenvalue weighted by atomic mass is 10.0. The van der Waals surface area contributed by atoms with Gasteiger partial charge >= 0.3 is 6.03 Å². The van der Waals surface area contributed by atoms with E-state index in [0.717, 1.165) is 23.5 Å². The first kappa shape index (κ1) is 16.9. The minimum Gasteiger partial charge on any atom is -0.391 e. The summed E-state index contributed by atoms with van der Waals surface area (Å²) in [7, 11) is 0. The second-order valence-electron chi connectivity index (χ2n) is 5.08. The summed E-state index contributed by atoms with van der Waals surface area (Å²) < 4.78 is 0. The number of aliphatic hydroxyl groups excluding tert-OH is 1. The molecule has 20 heavy (non-hydrogen) atoms. The number of carbonyl (C=O) groups excluding carboxylic acids is 1. The molecule has 0 saturated heterocycles. The number of amides is 2. The van der Waals surface area contributed by atoms with E-state index >= 15 is 0 Å². The number of nitrogens with zero attached hydrogens (tertiary/aromatic N) is 1. The molecule has 1 aromatic heterocycles. The Morgan fingerprint density at radius 2 is 2.10 bits per heavy atom. The third-order valence-corrected chi connectivity index (χ3v) is 4.54. The van der Waals surface area contributed by atoms with Crippen LogP contribution < -0.4 is 10.6 Å². The maximum atomic E-state index is 11.6. The Morgan fingerprint density at radius 3 is 2.65 bits per heavy atom. The Hall–Kier alpha value is -1.14. The molecule has 0 aromatic carbocycles. The van der Waals surface area contributed by atoms with Crippen molar-refractivity contribution in [3.8, 4) is 0 Å². The predicted octanol–water partition coefficient (Wildman–Crippen LogP) is 2.01. The summed E-state index contributed by atoms with van der Waals surface area (Å²) in [5.41, 5.74) is 1.04. The molecule has 114 valence electrons. The van der Waals surface area contributed by atoms with Gasteiger partial charge in [0, 0.05) is 24.4 Å². The van der Waals surface area contributed by atoms with Gasteiger partial charge in [-0.2, -0.15) is 0 Å². The van der Waals surface area contributed by atoms with Crippen LogP contribution in [0.5, 0.6) is 0 Å². The lowest BCUT2D eigenvalue weighted by Crippen LogP contribution is -2.42. The Morgan fingerprint density at radius 1 is 1.40 bits per heavy atom. The molecule has 0 bridgehead atoms. The first-order valence-corrected chi connectivity index (χ1v) is 7.88. The third kappa shape index (κ3) is 5.46. The quantitative estimate of drug-likeness (QED) is 0.721. The normalized spacial score (nSPS) is 13.8. The Labute approximate surface area is 124 Å². The number of urea groups is 1. The maximum Gasteiger partial charge on any atom is 0.314 e. The molecule has 5 nitrogen and oxygen atoms in total. The van der Waals surface area contributed by atoms with Crippen LogP contribution in [-0.2, 0) is 6.42 Å². The first-order chi connectivity index (χ1) is 9.43. The van der Waals surface area contributed by atoms with Crippen molar-refractivity contribution in [1.29, 1.82) is 0 Å². The molecular formula is C14H25N3O2S. The van der Waals surface area contributed by atoms with Crippen LogP contribution in [0.2, 0.25) is 0 Å². The van der Waals surface area contributed by atoms with Crippen molar-refractivity contribution in [3.63, 3.8) is 0 Å². The number of rotatable bonds is 7. The lowest BCUT2D eigenvalue weighted by molar-refractivity contribution is 0.114. The zero-order chi connectivity index (χ0) is 15.1. The number of hydrogen-bond acceptors (Lipinski definition) is 4. The highest BCUT2D eigenvalue weighted by molar-refractivity contribution is 7.11. The largest absolute Gasteiger partial charge is 0.391 e. The number of aromatic nitrogens is 1. The van der Waals surface area contributed by atoms with E-state index in [0.29, 0.717) is 13.1 Å². The zero-order valence-corrected chi connectivity index (χ0v) is 13.5. The summed E-state index contributed by atoms with van der Waals surface area (Å²) >= 11 is 1.67. The monoisotopic (exact) mass is 299 g/mol. The molecule has 2 amide bonds. The topological polar surface area (TPSA) is 74.2 Å². The van der Waals surface area contributed by atoms with Crippen LogP contribution in [0.1, 0.15) is 35.8 Å². The molecule has 3 N–H and O–H groups in total. The van der Waals surface area contributed by atoms with E-state index in [-0.39, 0.29) is 11.9 Å². The van der Waals surface area contributed by atoms with Crippen molar-refractivity contribution in [2.75, 3.05) is 13.1 Å². The number of aryl methyl sites for hydroxylation is 2. The minimum atomic E-state index is -0.489. The van der Waals surface area contributed by atoms with Gasteiger partial charge in [-0.3, -0.25) is 0 Å². The summed E-state index contributed by atoms with van der Waals surface area (Å²) in [6.45, 7) is 8.83. The molecule has 0 saturated carbocycles. The fourth-order valence-corrected chi connectivity index (χ4v) is 2.76. The van der Waals surface area contributed by atoms with E-state index in [9.17, 15) is 9.90 Å². The summed E-state index contributed by atoms with van der Waals surface area (Å²) in [4.78, 5) is 17.2. The smallest absolute Gasteiger partial charge is 0.314 e. The molecule has 2 unspecified atom stereocenters. The molecule has 6 heteroatoms. The molecule has 0 radical (unpaired) electrons. The van der Waals surface area contributed by atoms with Crippen molar-refractivity contribution in [1.82, 2.24) is 15.6 Å². The highest BCUT2D eigenvalue weighted by atomic mass is 32.1. The summed E-state index contributed by atoms with van der Waals surface area (Å²) in [5.74, 6) is 0.193.